The molecule has 2 aromatic carbocycles. The minimum absolute atomic E-state index is 0.827. The molecule has 0 saturated heterocycles. The van der Waals surface area contributed by atoms with Gasteiger partial charge in [0.2, 0.25) is 0 Å². The lowest BCUT2D eigenvalue weighted by Crippen LogP contribution is -1.98. The molecule has 70 valence electrons. The number of benzene rings is 2. The van der Waals surface area contributed by atoms with Gasteiger partial charge in [0, 0.05) is 24.6 Å². The summed E-state index contributed by atoms with van der Waals surface area (Å²) in [4.78, 5) is 0. The highest BCUT2D eigenvalue weighted by molar-refractivity contribution is 9.10. The van der Waals surface area contributed by atoms with Crippen molar-refractivity contribution in [3.63, 3.8) is 0 Å². The van der Waals surface area contributed by atoms with Crippen LogP contribution in [0.2, 0.25) is 0 Å². The van der Waals surface area contributed by atoms with Gasteiger partial charge in [-0.25, -0.2) is 0 Å². The van der Waals surface area contributed by atoms with E-state index in [4.69, 9.17) is 7.85 Å². The third kappa shape index (κ3) is 1.50. The van der Waals surface area contributed by atoms with E-state index in [1.165, 1.54) is 20.2 Å². The van der Waals surface area contributed by atoms with Gasteiger partial charge in [-0.3, -0.25) is 0 Å². The highest BCUT2D eigenvalue weighted by atomic mass is 79.9. The first-order valence-corrected chi connectivity index (χ1v) is 6.22. The normalized spacial score (nSPS) is 11.3. The molecule has 3 rings (SSSR count). The average molecular weight is 273 g/mol. The Hall–Kier alpha value is -0.795. The molecule has 0 unspecified atom stereocenters. The third-order valence-electron chi connectivity index (χ3n) is 2.46. The first kappa shape index (κ1) is 9.43. The number of hydrogen-bond donors (Lipinski definition) is 0. The molecule has 0 nitrogen and oxygen atoms in total. The van der Waals surface area contributed by atoms with E-state index < -0.39 is 0 Å². The summed E-state index contributed by atoms with van der Waals surface area (Å²) in [6, 6.07) is 12.5. The van der Waals surface area contributed by atoms with E-state index in [1.807, 2.05) is 12.1 Å². The zero-order valence-corrected chi connectivity index (χ0v) is 10.2. The second-order valence-corrected chi connectivity index (χ2v) is 5.50. The fourth-order valence-corrected chi connectivity index (χ4v) is 3.47. The lowest BCUT2D eigenvalue weighted by Gasteiger charge is -1.93. The van der Waals surface area contributed by atoms with Crippen LogP contribution in [0.1, 0.15) is 0 Å². The summed E-state index contributed by atoms with van der Waals surface area (Å²) in [5.74, 6) is 0. The SMILES string of the molecule is [B]c1ccc2c(c1)sc1cc(Br)ccc12. The molecule has 0 saturated carbocycles. The Labute approximate surface area is 101 Å². The minimum Gasteiger partial charge on any atom is -0.135 e. The first-order chi connectivity index (χ1) is 7.24. The monoisotopic (exact) mass is 272 g/mol. The molecule has 2 radical (unpaired) electrons. The van der Waals surface area contributed by atoms with Crippen LogP contribution in [0.5, 0.6) is 0 Å². The van der Waals surface area contributed by atoms with Crippen molar-refractivity contribution in [2.45, 2.75) is 0 Å². The van der Waals surface area contributed by atoms with Crippen molar-refractivity contribution in [3.8, 4) is 0 Å². The molecular formula is C12H6BBrS. The van der Waals surface area contributed by atoms with Crippen LogP contribution in [0, 0.1) is 0 Å². The van der Waals surface area contributed by atoms with Gasteiger partial charge in [0.05, 0.1) is 0 Å². The minimum atomic E-state index is 0.827. The van der Waals surface area contributed by atoms with Crippen molar-refractivity contribution >= 4 is 60.7 Å². The Morgan fingerprint density at radius 3 is 2.40 bits per heavy atom. The Morgan fingerprint density at radius 1 is 0.933 bits per heavy atom. The van der Waals surface area contributed by atoms with Crippen molar-refractivity contribution < 1.29 is 0 Å². The largest absolute Gasteiger partial charge is 0.135 e. The van der Waals surface area contributed by atoms with E-state index in [0.717, 1.165) is 9.94 Å². The smallest absolute Gasteiger partial charge is 0.113 e. The van der Waals surface area contributed by atoms with Crippen molar-refractivity contribution in [1.82, 2.24) is 0 Å². The molecule has 0 aliphatic carbocycles. The molecule has 3 heteroatoms. The molecule has 0 N–H and O–H groups in total. The summed E-state index contributed by atoms with van der Waals surface area (Å²) in [6.45, 7) is 0. The summed E-state index contributed by atoms with van der Waals surface area (Å²) in [6.07, 6.45) is 0. The second kappa shape index (κ2) is 3.36. The van der Waals surface area contributed by atoms with E-state index >= 15 is 0 Å². The topological polar surface area (TPSA) is 0 Å². The summed E-state index contributed by atoms with van der Waals surface area (Å²) < 4.78 is 3.67. The summed E-state index contributed by atoms with van der Waals surface area (Å²) in [5, 5.41) is 2.59. The van der Waals surface area contributed by atoms with Gasteiger partial charge in [-0.15, -0.1) is 11.3 Å². The van der Waals surface area contributed by atoms with Gasteiger partial charge in [0.1, 0.15) is 7.85 Å². The van der Waals surface area contributed by atoms with Crippen LogP contribution in [-0.4, -0.2) is 7.85 Å². The van der Waals surface area contributed by atoms with E-state index in [9.17, 15) is 0 Å². The number of hydrogen-bond acceptors (Lipinski definition) is 1. The molecule has 0 aliphatic rings. The van der Waals surface area contributed by atoms with Crippen molar-refractivity contribution in [1.29, 1.82) is 0 Å². The van der Waals surface area contributed by atoms with Gasteiger partial charge in [0.25, 0.3) is 0 Å². The lowest BCUT2D eigenvalue weighted by molar-refractivity contribution is 1.77. The Morgan fingerprint density at radius 2 is 1.60 bits per heavy atom. The Kier molecular flexibility index (Phi) is 2.11. The van der Waals surface area contributed by atoms with Gasteiger partial charge < -0.3 is 0 Å². The van der Waals surface area contributed by atoms with Gasteiger partial charge in [-0.2, -0.15) is 0 Å². The predicted octanol–water partition coefficient (Wildman–Crippen LogP) is 3.61. The molecule has 0 aliphatic heterocycles. The van der Waals surface area contributed by atoms with Gasteiger partial charge in [-0.1, -0.05) is 45.7 Å². The van der Waals surface area contributed by atoms with Crippen molar-refractivity contribution in [3.05, 3.63) is 40.9 Å². The number of rotatable bonds is 0. The highest BCUT2D eigenvalue weighted by Gasteiger charge is 2.04. The van der Waals surface area contributed by atoms with Gasteiger partial charge in [-0.05, 0) is 12.1 Å². The van der Waals surface area contributed by atoms with Gasteiger partial charge >= 0.3 is 0 Å². The van der Waals surface area contributed by atoms with E-state index in [1.54, 1.807) is 11.3 Å². The molecule has 0 fully saturated rings. The maximum Gasteiger partial charge on any atom is 0.113 e. The zero-order chi connectivity index (χ0) is 10.4. The molecule has 0 atom stereocenters. The molecule has 1 heterocycles. The molecule has 3 aromatic rings. The van der Waals surface area contributed by atoms with Gasteiger partial charge in [0.15, 0.2) is 0 Å². The molecule has 0 bridgehead atoms. The Balaban J connectivity index is 2.51. The maximum absolute atomic E-state index is 5.77. The lowest BCUT2D eigenvalue weighted by atomic mass is 9.95. The number of halogens is 1. The summed E-state index contributed by atoms with van der Waals surface area (Å²) >= 11 is 5.27. The van der Waals surface area contributed by atoms with Crippen LogP contribution in [0.15, 0.2) is 40.9 Å². The van der Waals surface area contributed by atoms with Crippen LogP contribution < -0.4 is 5.46 Å². The Bertz CT molecular complexity index is 601. The number of thiophene rings is 1. The van der Waals surface area contributed by atoms with Crippen LogP contribution in [-0.2, 0) is 0 Å². The molecule has 15 heavy (non-hydrogen) atoms. The zero-order valence-electron chi connectivity index (χ0n) is 7.83. The van der Waals surface area contributed by atoms with Crippen LogP contribution in [0.25, 0.3) is 20.2 Å². The van der Waals surface area contributed by atoms with E-state index in [2.05, 4.69) is 40.2 Å². The van der Waals surface area contributed by atoms with Crippen molar-refractivity contribution in [2.24, 2.45) is 0 Å². The van der Waals surface area contributed by atoms with Crippen LogP contribution in [0.3, 0.4) is 0 Å². The fraction of sp³-hybridized carbons (Fsp3) is 0. The van der Waals surface area contributed by atoms with Crippen LogP contribution in [0.4, 0.5) is 0 Å². The fourth-order valence-electron chi connectivity index (χ4n) is 1.77. The standard InChI is InChI=1S/C12H6BBrS/c13-7-1-3-9-10-4-2-8(14)6-12(10)15-11(9)5-7/h1-6H. The quantitative estimate of drug-likeness (QED) is 0.549. The highest BCUT2D eigenvalue weighted by Crippen LogP contribution is 2.34. The van der Waals surface area contributed by atoms with Crippen molar-refractivity contribution in [2.75, 3.05) is 0 Å². The maximum atomic E-state index is 5.77. The molecule has 0 spiro atoms. The molecular weight excluding hydrogens is 267 g/mol. The summed E-state index contributed by atoms with van der Waals surface area (Å²) in [7, 11) is 5.77. The predicted molar refractivity (Wildman–Crippen MR) is 72.4 cm³/mol. The third-order valence-corrected chi connectivity index (χ3v) is 4.07. The average Bonchev–Trinajstić information content (AvgIpc) is 2.53. The van der Waals surface area contributed by atoms with Crippen LogP contribution >= 0.6 is 27.3 Å². The molecule has 0 amide bonds. The first-order valence-electron chi connectivity index (χ1n) is 4.61. The molecule has 1 aromatic heterocycles. The number of fused-ring (bicyclic) bond motifs is 3. The summed E-state index contributed by atoms with van der Waals surface area (Å²) in [5.41, 5.74) is 0.827. The van der Waals surface area contributed by atoms with E-state index in [-0.39, 0.29) is 0 Å². The van der Waals surface area contributed by atoms with E-state index in [0.29, 0.717) is 0 Å². The second-order valence-electron chi connectivity index (χ2n) is 3.50.